The summed E-state index contributed by atoms with van der Waals surface area (Å²) in [5.41, 5.74) is 3.68. The number of aryl methyl sites for hydroxylation is 1. The predicted octanol–water partition coefficient (Wildman–Crippen LogP) is 1.92. The lowest BCUT2D eigenvalue weighted by Gasteiger charge is -2.04. The Morgan fingerprint density at radius 3 is 2.67 bits per heavy atom. The quantitative estimate of drug-likeness (QED) is 0.777. The Morgan fingerprint density at radius 2 is 2.04 bits per heavy atom. The zero-order valence-electron chi connectivity index (χ0n) is 13.0. The third-order valence-electron chi connectivity index (χ3n) is 3.52. The Hall–Kier alpha value is -3.12. The first-order chi connectivity index (χ1) is 11.6. The minimum Gasteiger partial charge on any atom is -0.321 e. The van der Waals surface area contributed by atoms with Gasteiger partial charge in [0.2, 0.25) is 0 Å². The summed E-state index contributed by atoms with van der Waals surface area (Å²) in [5, 5.41) is 19.5. The molecule has 8 nitrogen and oxygen atoms in total. The molecular formula is C15H13N7OS. The maximum atomic E-state index is 12.4. The van der Waals surface area contributed by atoms with Crippen LogP contribution in [0.15, 0.2) is 24.3 Å². The van der Waals surface area contributed by atoms with Gasteiger partial charge in [0.15, 0.2) is 5.69 Å². The molecule has 0 atom stereocenters. The van der Waals surface area contributed by atoms with E-state index in [-0.39, 0.29) is 11.6 Å². The molecule has 24 heavy (non-hydrogen) atoms. The van der Waals surface area contributed by atoms with E-state index in [0.717, 1.165) is 23.1 Å². The molecule has 0 spiro atoms. The summed E-state index contributed by atoms with van der Waals surface area (Å²) < 4.78 is 9.95. The van der Waals surface area contributed by atoms with Crippen molar-refractivity contribution < 1.29 is 4.79 Å². The molecular weight excluding hydrogens is 326 g/mol. The maximum absolute atomic E-state index is 12.4. The Labute approximate surface area is 142 Å². The lowest BCUT2D eigenvalue weighted by molar-refractivity contribution is 0.102. The molecule has 3 aromatic rings. The number of carbonyl (C=O) groups excluding carboxylic acids is 1. The molecule has 0 saturated carbocycles. The Bertz CT molecular complexity index is 920. The van der Waals surface area contributed by atoms with Crippen LogP contribution in [0.4, 0.5) is 5.69 Å². The summed E-state index contributed by atoms with van der Waals surface area (Å²) in [7, 11) is 0. The van der Waals surface area contributed by atoms with E-state index in [1.165, 1.54) is 0 Å². The fraction of sp³-hybridized carbons (Fsp3) is 0.200. The topological polar surface area (TPSA) is 109 Å². The van der Waals surface area contributed by atoms with Crippen molar-refractivity contribution in [3.63, 3.8) is 0 Å². The standard InChI is InChI=1S/C15H13N7OS/c1-9-13(20-24-19-9)8-22-10(2)14(18-21-22)15(23)17-12-5-3-11(7-16)4-6-12/h3-6H,8H2,1-2H3,(H,17,23). The van der Waals surface area contributed by atoms with Crippen molar-refractivity contribution in [3.05, 3.63) is 52.6 Å². The van der Waals surface area contributed by atoms with Gasteiger partial charge in [-0.3, -0.25) is 4.79 Å². The summed E-state index contributed by atoms with van der Waals surface area (Å²) in [6.07, 6.45) is 0. The summed E-state index contributed by atoms with van der Waals surface area (Å²) >= 11 is 1.15. The van der Waals surface area contributed by atoms with Crippen LogP contribution in [0.2, 0.25) is 0 Å². The highest BCUT2D eigenvalue weighted by molar-refractivity contribution is 6.99. The molecule has 0 unspecified atom stereocenters. The predicted molar refractivity (Wildman–Crippen MR) is 87.6 cm³/mol. The van der Waals surface area contributed by atoms with Crippen LogP contribution in [-0.4, -0.2) is 29.6 Å². The maximum Gasteiger partial charge on any atom is 0.278 e. The molecule has 9 heteroatoms. The largest absolute Gasteiger partial charge is 0.321 e. The van der Waals surface area contributed by atoms with Crippen LogP contribution < -0.4 is 5.32 Å². The molecule has 1 amide bonds. The van der Waals surface area contributed by atoms with E-state index in [2.05, 4.69) is 24.4 Å². The number of nitrogens with one attached hydrogen (secondary N) is 1. The highest BCUT2D eigenvalue weighted by Crippen LogP contribution is 2.13. The molecule has 0 aliphatic carbocycles. The third-order valence-corrected chi connectivity index (χ3v) is 4.17. The Balaban J connectivity index is 1.76. The highest BCUT2D eigenvalue weighted by atomic mass is 32.1. The molecule has 0 bridgehead atoms. The van der Waals surface area contributed by atoms with Gasteiger partial charge in [-0.05, 0) is 38.1 Å². The fourth-order valence-corrected chi connectivity index (χ4v) is 2.63. The van der Waals surface area contributed by atoms with Crippen LogP contribution >= 0.6 is 11.7 Å². The summed E-state index contributed by atoms with van der Waals surface area (Å²) in [4.78, 5) is 12.4. The average molecular weight is 339 g/mol. The number of nitriles is 1. The number of carbonyl (C=O) groups is 1. The molecule has 0 aliphatic rings. The molecule has 1 aromatic carbocycles. The number of hydrogen-bond donors (Lipinski definition) is 1. The molecule has 0 saturated heterocycles. The van der Waals surface area contributed by atoms with E-state index in [0.29, 0.717) is 23.5 Å². The van der Waals surface area contributed by atoms with Crippen molar-refractivity contribution in [2.45, 2.75) is 20.4 Å². The second-order valence-electron chi connectivity index (χ2n) is 5.12. The second-order valence-corrected chi connectivity index (χ2v) is 5.65. The van der Waals surface area contributed by atoms with E-state index >= 15 is 0 Å². The minimum absolute atomic E-state index is 0.250. The number of amides is 1. The second kappa shape index (κ2) is 6.55. The van der Waals surface area contributed by atoms with Crippen LogP contribution in [-0.2, 0) is 6.54 Å². The molecule has 3 rings (SSSR count). The van der Waals surface area contributed by atoms with Gasteiger partial charge in [0.1, 0.15) is 0 Å². The van der Waals surface area contributed by atoms with Crippen LogP contribution in [0.3, 0.4) is 0 Å². The number of hydrogen-bond acceptors (Lipinski definition) is 7. The van der Waals surface area contributed by atoms with Gasteiger partial charge in [0, 0.05) is 5.69 Å². The van der Waals surface area contributed by atoms with E-state index in [4.69, 9.17) is 5.26 Å². The SMILES string of the molecule is Cc1nsnc1Cn1nnc(C(=O)Nc2ccc(C#N)cc2)c1C. The van der Waals surface area contributed by atoms with Gasteiger partial charge < -0.3 is 5.32 Å². The lowest BCUT2D eigenvalue weighted by atomic mass is 10.2. The normalized spacial score (nSPS) is 10.4. The molecule has 1 N–H and O–H groups in total. The molecule has 0 radical (unpaired) electrons. The van der Waals surface area contributed by atoms with Crippen molar-refractivity contribution in [3.8, 4) is 6.07 Å². The van der Waals surface area contributed by atoms with Crippen molar-refractivity contribution in [1.82, 2.24) is 23.7 Å². The van der Waals surface area contributed by atoms with Gasteiger partial charge in [-0.15, -0.1) is 5.10 Å². The van der Waals surface area contributed by atoms with E-state index < -0.39 is 0 Å². The van der Waals surface area contributed by atoms with Crippen molar-refractivity contribution in [2.24, 2.45) is 0 Å². The summed E-state index contributed by atoms with van der Waals surface area (Å²) in [5.74, 6) is -0.350. The number of aromatic nitrogens is 5. The molecule has 0 fully saturated rings. The van der Waals surface area contributed by atoms with Crippen LogP contribution in [0.5, 0.6) is 0 Å². The van der Waals surface area contributed by atoms with Crippen molar-refractivity contribution in [1.29, 1.82) is 5.26 Å². The third kappa shape index (κ3) is 3.13. The number of rotatable bonds is 4. The van der Waals surface area contributed by atoms with Crippen LogP contribution in [0.25, 0.3) is 0 Å². The molecule has 2 heterocycles. The first kappa shape index (κ1) is 15.8. The van der Waals surface area contributed by atoms with Crippen LogP contribution in [0.1, 0.15) is 33.1 Å². The van der Waals surface area contributed by atoms with Gasteiger partial charge in [0.25, 0.3) is 5.91 Å². The fourth-order valence-electron chi connectivity index (χ4n) is 2.07. The Morgan fingerprint density at radius 1 is 1.29 bits per heavy atom. The highest BCUT2D eigenvalue weighted by Gasteiger charge is 2.18. The first-order valence-corrected chi connectivity index (χ1v) is 7.81. The smallest absolute Gasteiger partial charge is 0.278 e. The summed E-state index contributed by atoms with van der Waals surface area (Å²) in [6.45, 7) is 4.08. The number of nitrogens with zero attached hydrogens (tertiary/aromatic N) is 6. The van der Waals surface area contributed by atoms with Gasteiger partial charge >= 0.3 is 0 Å². The van der Waals surface area contributed by atoms with Gasteiger partial charge in [-0.25, -0.2) is 4.68 Å². The monoisotopic (exact) mass is 339 g/mol. The zero-order valence-corrected chi connectivity index (χ0v) is 13.8. The lowest BCUT2D eigenvalue weighted by Crippen LogP contribution is -2.14. The van der Waals surface area contributed by atoms with Gasteiger partial charge in [-0.2, -0.15) is 14.0 Å². The van der Waals surface area contributed by atoms with Gasteiger partial charge in [-0.1, -0.05) is 5.21 Å². The molecule has 120 valence electrons. The first-order valence-electron chi connectivity index (χ1n) is 7.08. The van der Waals surface area contributed by atoms with Crippen molar-refractivity contribution >= 4 is 23.3 Å². The van der Waals surface area contributed by atoms with Crippen molar-refractivity contribution in [2.75, 3.05) is 5.32 Å². The van der Waals surface area contributed by atoms with Crippen LogP contribution in [0, 0.1) is 25.2 Å². The zero-order chi connectivity index (χ0) is 17.1. The van der Waals surface area contributed by atoms with E-state index in [1.54, 1.807) is 35.9 Å². The summed E-state index contributed by atoms with van der Waals surface area (Å²) in [6, 6.07) is 8.64. The van der Waals surface area contributed by atoms with E-state index in [9.17, 15) is 4.79 Å². The van der Waals surface area contributed by atoms with Gasteiger partial charge in [0.05, 0.1) is 47.0 Å². The van der Waals surface area contributed by atoms with E-state index in [1.807, 2.05) is 13.0 Å². The average Bonchev–Trinajstić information content (AvgIpc) is 3.15. The Kier molecular flexibility index (Phi) is 4.31. The minimum atomic E-state index is -0.350. The number of anilines is 1. The molecule has 2 aromatic heterocycles. The molecule has 0 aliphatic heterocycles. The number of benzene rings is 1.